The van der Waals surface area contributed by atoms with Crippen molar-refractivity contribution in [3.05, 3.63) is 35.9 Å². The Hall–Kier alpha value is -0.860. The maximum Gasteiger partial charge on any atom is 0.0449 e. The molecule has 2 unspecified atom stereocenters. The highest BCUT2D eigenvalue weighted by molar-refractivity contribution is 5.19. The third-order valence-corrected chi connectivity index (χ3v) is 4.54. The number of likely N-dealkylation sites (N-methyl/N-ethyl adjacent to an activating group) is 1. The second-order valence-electron chi connectivity index (χ2n) is 5.93. The van der Waals surface area contributed by atoms with Crippen molar-refractivity contribution in [2.75, 3.05) is 19.6 Å². The molecule has 112 valence electrons. The van der Waals surface area contributed by atoms with Gasteiger partial charge in [-0.25, -0.2) is 0 Å². The van der Waals surface area contributed by atoms with Crippen LogP contribution in [0.3, 0.4) is 0 Å². The minimum atomic E-state index is 0.466. The van der Waals surface area contributed by atoms with Gasteiger partial charge in [0.05, 0.1) is 0 Å². The van der Waals surface area contributed by atoms with E-state index in [9.17, 15) is 0 Å². The quantitative estimate of drug-likeness (QED) is 0.843. The van der Waals surface area contributed by atoms with Gasteiger partial charge < -0.3 is 5.32 Å². The highest BCUT2D eigenvalue weighted by Gasteiger charge is 2.22. The summed E-state index contributed by atoms with van der Waals surface area (Å²) in [4.78, 5) is 2.73. The molecule has 1 N–H and O–H groups in total. The van der Waals surface area contributed by atoms with Gasteiger partial charge in [0.15, 0.2) is 0 Å². The zero-order valence-electron chi connectivity index (χ0n) is 13.1. The van der Waals surface area contributed by atoms with Gasteiger partial charge in [-0.1, -0.05) is 57.0 Å². The Morgan fingerprint density at radius 3 is 2.65 bits per heavy atom. The Balaban J connectivity index is 2.06. The van der Waals surface area contributed by atoms with Crippen LogP contribution >= 0.6 is 0 Å². The minimum Gasteiger partial charge on any atom is -0.309 e. The van der Waals surface area contributed by atoms with Crippen molar-refractivity contribution >= 4 is 0 Å². The Labute approximate surface area is 124 Å². The third kappa shape index (κ3) is 4.32. The molecular formula is C18H30N2. The van der Waals surface area contributed by atoms with Gasteiger partial charge in [-0.05, 0) is 37.9 Å². The van der Waals surface area contributed by atoms with Crippen molar-refractivity contribution in [2.45, 2.75) is 58.0 Å². The lowest BCUT2D eigenvalue weighted by atomic mass is 10.0. The maximum absolute atomic E-state index is 3.67. The van der Waals surface area contributed by atoms with Crippen LogP contribution in [-0.4, -0.2) is 30.6 Å². The molecule has 0 bridgehead atoms. The Morgan fingerprint density at radius 1 is 1.15 bits per heavy atom. The number of nitrogens with one attached hydrogen (secondary N) is 1. The molecule has 1 aliphatic rings. The lowest BCUT2D eigenvalue weighted by molar-refractivity contribution is 0.174. The smallest absolute Gasteiger partial charge is 0.0449 e. The number of rotatable bonds is 6. The molecule has 0 aromatic heterocycles. The normalized spacial score (nSPS) is 22.4. The van der Waals surface area contributed by atoms with Crippen molar-refractivity contribution in [1.82, 2.24) is 10.2 Å². The highest BCUT2D eigenvalue weighted by atomic mass is 15.2. The number of hydrogen-bond acceptors (Lipinski definition) is 2. The molecule has 1 fully saturated rings. The molecule has 2 atom stereocenters. The maximum atomic E-state index is 3.67. The van der Waals surface area contributed by atoms with E-state index in [2.05, 4.69) is 54.4 Å². The molecule has 0 aliphatic carbocycles. The van der Waals surface area contributed by atoms with Gasteiger partial charge in [0.25, 0.3) is 0 Å². The molecule has 1 saturated heterocycles. The predicted octanol–water partition coefficient (Wildman–Crippen LogP) is 3.99. The Bertz CT molecular complexity index is 363. The van der Waals surface area contributed by atoms with E-state index in [1.165, 1.54) is 44.2 Å². The first-order valence-corrected chi connectivity index (χ1v) is 8.37. The van der Waals surface area contributed by atoms with Gasteiger partial charge in [0.2, 0.25) is 0 Å². The Kier molecular flexibility index (Phi) is 6.55. The Morgan fingerprint density at radius 2 is 1.95 bits per heavy atom. The summed E-state index contributed by atoms with van der Waals surface area (Å²) in [6.07, 6.45) is 6.85. The molecule has 1 aliphatic heterocycles. The van der Waals surface area contributed by atoms with E-state index in [0.717, 1.165) is 19.1 Å². The molecule has 0 radical (unpaired) electrons. The molecular weight excluding hydrogens is 244 g/mol. The van der Waals surface area contributed by atoms with E-state index in [1.54, 1.807) is 0 Å². The predicted molar refractivity (Wildman–Crippen MR) is 87.0 cm³/mol. The summed E-state index contributed by atoms with van der Waals surface area (Å²) in [7, 11) is 0. The summed E-state index contributed by atoms with van der Waals surface area (Å²) in [6.45, 7) is 8.00. The molecule has 1 aromatic carbocycles. The second kappa shape index (κ2) is 8.43. The zero-order valence-corrected chi connectivity index (χ0v) is 13.1. The SMILES string of the molecule is CCNC(CN1CCCCCC1CC)c1ccccc1. The number of nitrogens with zero attached hydrogens (tertiary/aromatic N) is 1. The van der Waals surface area contributed by atoms with Crippen molar-refractivity contribution in [2.24, 2.45) is 0 Å². The molecule has 20 heavy (non-hydrogen) atoms. The molecule has 1 heterocycles. The second-order valence-corrected chi connectivity index (χ2v) is 5.93. The molecule has 0 amide bonds. The van der Waals surface area contributed by atoms with Crippen LogP contribution in [-0.2, 0) is 0 Å². The first kappa shape index (κ1) is 15.5. The fourth-order valence-corrected chi connectivity index (χ4v) is 3.39. The molecule has 0 spiro atoms. The van der Waals surface area contributed by atoms with Crippen LogP contribution < -0.4 is 5.32 Å². The third-order valence-electron chi connectivity index (χ3n) is 4.54. The first-order valence-electron chi connectivity index (χ1n) is 8.37. The lowest BCUT2D eigenvalue weighted by Crippen LogP contribution is -2.41. The van der Waals surface area contributed by atoms with Gasteiger partial charge in [0, 0.05) is 18.6 Å². The van der Waals surface area contributed by atoms with Gasteiger partial charge >= 0.3 is 0 Å². The molecule has 1 aromatic rings. The summed E-state index contributed by atoms with van der Waals surface area (Å²) >= 11 is 0. The standard InChI is InChI=1S/C18H30N2/c1-3-17-13-9-6-10-14-20(17)15-18(19-4-2)16-11-7-5-8-12-16/h5,7-8,11-12,17-19H,3-4,6,9-10,13-15H2,1-2H3. The number of likely N-dealkylation sites (tertiary alicyclic amines) is 1. The van der Waals surface area contributed by atoms with E-state index in [1.807, 2.05) is 0 Å². The number of benzene rings is 1. The van der Waals surface area contributed by atoms with Gasteiger partial charge in [0.1, 0.15) is 0 Å². The van der Waals surface area contributed by atoms with Crippen LogP contribution in [0.15, 0.2) is 30.3 Å². The van der Waals surface area contributed by atoms with Crippen molar-refractivity contribution < 1.29 is 0 Å². The van der Waals surface area contributed by atoms with Crippen molar-refractivity contribution in [1.29, 1.82) is 0 Å². The highest BCUT2D eigenvalue weighted by Crippen LogP contribution is 2.22. The summed E-state index contributed by atoms with van der Waals surface area (Å²) < 4.78 is 0. The van der Waals surface area contributed by atoms with Crippen LogP contribution in [0.2, 0.25) is 0 Å². The molecule has 2 nitrogen and oxygen atoms in total. The van der Waals surface area contributed by atoms with Crippen molar-refractivity contribution in [3.63, 3.8) is 0 Å². The van der Waals surface area contributed by atoms with E-state index < -0.39 is 0 Å². The minimum absolute atomic E-state index is 0.466. The van der Waals surface area contributed by atoms with Crippen LogP contribution in [0.25, 0.3) is 0 Å². The monoisotopic (exact) mass is 274 g/mol. The lowest BCUT2D eigenvalue weighted by Gasteiger charge is -2.33. The fraction of sp³-hybridized carbons (Fsp3) is 0.667. The average molecular weight is 274 g/mol. The molecule has 2 rings (SSSR count). The molecule has 0 saturated carbocycles. The van der Waals surface area contributed by atoms with Crippen LogP contribution in [0.1, 0.15) is 57.6 Å². The number of hydrogen-bond donors (Lipinski definition) is 1. The van der Waals surface area contributed by atoms with Crippen LogP contribution in [0.4, 0.5) is 0 Å². The van der Waals surface area contributed by atoms with Gasteiger partial charge in [-0.3, -0.25) is 4.90 Å². The van der Waals surface area contributed by atoms with Gasteiger partial charge in [-0.15, -0.1) is 0 Å². The summed E-state index contributed by atoms with van der Waals surface area (Å²) in [6, 6.07) is 12.2. The summed E-state index contributed by atoms with van der Waals surface area (Å²) in [5.74, 6) is 0. The molecule has 2 heteroatoms. The summed E-state index contributed by atoms with van der Waals surface area (Å²) in [5.41, 5.74) is 1.42. The van der Waals surface area contributed by atoms with E-state index in [0.29, 0.717) is 6.04 Å². The topological polar surface area (TPSA) is 15.3 Å². The van der Waals surface area contributed by atoms with Gasteiger partial charge in [-0.2, -0.15) is 0 Å². The van der Waals surface area contributed by atoms with E-state index in [-0.39, 0.29) is 0 Å². The van der Waals surface area contributed by atoms with E-state index >= 15 is 0 Å². The average Bonchev–Trinajstić information content (AvgIpc) is 2.72. The van der Waals surface area contributed by atoms with Crippen LogP contribution in [0.5, 0.6) is 0 Å². The van der Waals surface area contributed by atoms with E-state index in [4.69, 9.17) is 0 Å². The van der Waals surface area contributed by atoms with Crippen LogP contribution in [0, 0.1) is 0 Å². The van der Waals surface area contributed by atoms with Crippen molar-refractivity contribution in [3.8, 4) is 0 Å². The fourth-order valence-electron chi connectivity index (χ4n) is 3.39. The first-order chi connectivity index (χ1) is 9.85. The summed E-state index contributed by atoms with van der Waals surface area (Å²) in [5, 5.41) is 3.67. The largest absolute Gasteiger partial charge is 0.309 e. The zero-order chi connectivity index (χ0) is 14.2.